The molecule has 172 valence electrons. The van der Waals surface area contributed by atoms with Gasteiger partial charge in [0.05, 0.1) is 4.90 Å². The Bertz CT molecular complexity index is 856. The molecule has 31 heavy (non-hydrogen) atoms. The van der Waals surface area contributed by atoms with Gasteiger partial charge in [-0.25, -0.2) is 8.42 Å². The Morgan fingerprint density at radius 1 is 1.16 bits per heavy atom. The highest BCUT2D eigenvalue weighted by Gasteiger charge is 2.29. The number of amides is 2. The SMILES string of the molecule is NC(=O)CCC(=O)N(CCC1CCNCC1)C[C@H](NS(=O)(=O)c1ccccc1)C(=O)O. The lowest BCUT2D eigenvalue weighted by Gasteiger charge is -2.29. The number of nitrogens with one attached hydrogen (secondary N) is 2. The lowest BCUT2D eigenvalue weighted by Crippen LogP contribution is -2.50. The van der Waals surface area contributed by atoms with Crippen LogP contribution >= 0.6 is 0 Å². The van der Waals surface area contributed by atoms with E-state index in [1.54, 1.807) is 6.07 Å². The summed E-state index contributed by atoms with van der Waals surface area (Å²) >= 11 is 0. The Balaban J connectivity index is 2.11. The molecule has 1 aliphatic heterocycles. The van der Waals surface area contributed by atoms with Crippen LogP contribution in [0, 0.1) is 5.92 Å². The highest BCUT2D eigenvalue weighted by molar-refractivity contribution is 7.89. The minimum atomic E-state index is -4.09. The summed E-state index contributed by atoms with van der Waals surface area (Å²) in [5.41, 5.74) is 5.13. The van der Waals surface area contributed by atoms with Gasteiger partial charge in [0.1, 0.15) is 6.04 Å². The molecule has 1 aliphatic rings. The third-order valence-electron chi connectivity index (χ3n) is 5.26. The van der Waals surface area contributed by atoms with Crippen molar-refractivity contribution in [3.63, 3.8) is 0 Å². The largest absolute Gasteiger partial charge is 0.480 e. The molecule has 1 atom stereocenters. The van der Waals surface area contributed by atoms with Gasteiger partial charge in [-0.05, 0) is 50.4 Å². The highest BCUT2D eigenvalue weighted by atomic mass is 32.2. The first-order chi connectivity index (χ1) is 14.7. The Kier molecular flexibility index (Phi) is 9.41. The number of benzene rings is 1. The fourth-order valence-electron chi connectivity index (χ4n) is 3.46. The van der Waals surface area contributed by atoms with Crippen molar-refractivity contribution in [2.24, 2.45) is 11.7 Å². The molecule has 1 aromatic carbocycles. The van der Waals surface area contributed by atoms with E-state index >= 15 is 0 Å². The minimum Gasteiger partial charge on any atom is -0.480 e. The summed E-state index contributed by atoms with van der Waals surface area (Å²) in [7, 11) is -4.09. The van der Waals surface area contributed by atoms with E-state index in [0.717, 1.165) is 25.9 Å². The molecule has 0 saturated carbocycles. The topological polar surface area (TPSA) is 159 Å². The smallest absolute Gasteiger partial charge is 0.323 e. The first-order valence-corrected chi connectivity index (χ1v) is 11.7. The van der Waals surface area contributed by atoms with Gasteiger partial charge in [0.15, 0.2) is 0 Å². The molecule has 11 heteroatoms. The molecule has 1 fully saturated rings. The lowest BCUT2D eigenvalue weighted by molar-refractivity contribution is -0.141. The number of nitrogens with two attached hydrogens (primary N) is 1. The van der Waals surface area contributed by atoms with Crippen LogP contribution in [0.25, 0.3) is 0 Å². The predicted octanol–water partition coefficient (Wildman–Crippen LogP) is -0.0981. The molecule has 0 aliphatic carbocycles. The molecule has 0 spiro atoms. The molecule has 10 nitrogen and oxygen atoms in total. The normalized spacial score (nSPS) is 15.9. The maximum atomic E-state index is 12.6. The number of rotatable bonds is 12. The maximum Gasteiger partial charge on any atom is 0.323 e. The van der Waals surface area contributed by atoms with Crippen LogP contribution in [0.4, 0.5) is 0 Å². The van der Waals surface area contributed by atoms with Crippen LogP contribution in [-0.2, 0) is 24.4 Å². The molecule has 5 N–H and O–H groups in total. The molecule has 1 aromatic rings. The summed E-state index contributed by atoms with van der Waals surface area (Å²) in [6.07, 6.45) is 2.26. The van der Waals surface area contributed by atoms with Crippen molar-refractivity contribution >= 4 is 27.8 Å². The van der Waals surface area contributed by atoms with Crippen LogP contribution in [0.1, 0.15) is 32.1 Å². The van der Waals surface area contributed by atoms with Crippen molar-refractivity contribution in [2.75, 3.05) is 26.2 Å². The van der Waals surface area contributed by atoms with Crippen molar-refractivity contribution in [3.05, 3.63) is 30.3 Å². The van der Waals surface area contributed by atoms with E-state index in [-0.39, 0.29) is 30.8 Å². The maximum absolute atomic E-state index is 12.6. The number of aliphatic carboxylic acids is 1. The molecule has 2 rings (SSSR count). The molecule has 2 amide bonds. The number of carboxylic acid groups (broad SMARTS) is 1. The average molecular weight is 455 g/mol. The number of hydrogen-bond donors (Lipinski definition) is 4. The van der Waals surface area contributed by atoms with Gasteiger partial charge in [-0.1, -0.05) is 18.2 Å². The van der Waals surface area contributed by atoms with Crippen molar-refractivity contribution in [3.8, 4) is 0 Å². The van der Waals surface area contributed by atoms with Gasteiger partial charge >= 0.3 is 5.97 Å². The van der Waals surface area contributed by atoms with Crippen LogP contribution < -0.4 is 15.8 Å². The van der Waals surface area contributed by atoms with Crippen LogP contribution in [-0.4, -0.2) is 68.4 Å². The second kappa shape index (κ2) is 11.8. The summed E-state index contributed by atoms with van der Waals surface area (Å²) in [4.78, 5) is 36.8. The van der Waals surface area contributed by atoms with Crippen molar-refractivity contribution < 1.29 is 27.9 Å². The van der Waals surface area contributed by atoms with Gasteiger partial charge in [0, 0.05) is 25.9 Å². The third kappa shape index (κ3) is 8.27. The van der Waals surface area contributed by atoms with Crippen LogP contribution in [0.2, 0.25) is 0 Å². The Morgan fingerprint density at radius 2 is 1.81 bits per heavy atom. The molecule has 1 saturated heterocycles. The highest BCUT2D eigenvalue weighted by Crippen LogP contribution is 2.17. The zero-order chi connectivity index (χ0) is 22.9. The lowest BCUT2D eigenvalue weighted by atomic mass is 9.94. The zero-order valence-corrected chi connectivity index (χ0v) is 18.1. The molecular formula is C20H30N4O6S. The minimum absolute atomic E-state index is 0.0671. The molecule has 0 unspecified atom stereocenters. The third-order valence-corrected chi connectivity index (χ3v) is 6.74. The molecular weight excluding hydrogens is 424 g/mol. The number of piperidine rings is 1. The van der Waals surface area contributed by atoms with E-state index in [9.17, 15) is 27.9 Å². The van der Waals surface area contributed by atoms with Gasteiger partial charge in [-0.2, -0.15) is 4.72 Å². The standard InChI is InChI=1S/C20H30N4O6S/c21-18(25)6-7-19(26)24(13-10-15-8-11-22-12-9-15)14-17(20(27)28)23-31(29,30)16-4-2-1-3-5-16/h1-5,15,17,22-23H,6-14H2,(H2,21,25)(H,27,28)/t17-/m0/s1. The monoisotopic (exact) mass is 454 g/mol. The number of primary amides is 1. The first kappa shape index (κ1) is 24.8. The average Bonchev–Trinajstić information content (AvgIpc) is 2.75. The summed E-state index contributed by atoms with van der Waals surface area (Å²) in [5.74, 6) is -2.07. The molecule has 0 radical (unpaired) electrons. The van der Waals surface area contributed by atoms with E-state index in [0.29, 0.717) is 12.3 Å². The van der Waals surface area contributed by atoms with Crippen molar-refractivity contribution in [1.29, 1.82) is 0 Å². The van der Waals surface area contributed by atoms with Gasteiger partial charge < -0.3 is 21.1 Å². The van der Waals surface area contributed by atoms with Crippen LogP contribution in [0.3, 0.4) is 0 Å². The van der Waals surface area contributed by atoms with Crippen molar-refractivity contribution in [2.45, 2.75) is 43.0 Å². The number of carboxylic acids is 1. The molecule has 0 bridgehead atoms. The van der Waals surface area contributed by atoms with E-state index in [2.05, 4.69) is 10.0 Å². The van der Waals surface area contributed by atoms with Gasteiger partial charge in [0.25, 0.3) is 0 Å². The molecule has 0 aromatic heterocycles. The number of carbonyl (C=O) groups is 3. The number of nitrogens with zero attached hydrogens (tertiary/aromatic N) is 1. The summed E-state index contributed by atoms with van der Waals surface area (Å²) in [5, 5.41) is 12.9. The fraction of sp³-hybridized carbons (Fsp3) is 0.550. The Morgan fingerprint density at radius 3 is 2.39 bits per heavy atom. The van der Waals surface area contributed by atoms with Gasteiger partial charge in [-0.3, -0.25) is 14.4 Å². The van der Waals surface area contributed by atoms with Crippen LogP contribution in [0.15, 0.2) is 35.2 Å². The van der Waals surface area contributed by atoms with E-state index in [1.807, 2.05) is 0 Å². The summed E-state index contributed by atoms with van der Waals surface area (Å²) in [6.45, 7) is 1.70. The summed E-state index contributed by atoms with van der Waals surface area (Å²) in [6, 6.07) is 5.89. The number of carbonyl (C=O) groups excluding carboxylic acids is 2. The first-order valence-electron chi connectivity index (χ1n) is 10.3. The van der Waals surface area contributed by atoms with E-state index in [4.69, 9.17) is 5.73 Å². The van der Waals surface area contributed by atoms with E-state index < -0.39 is 33.8 Å². The second-order valence-electron chi connectivity index (χ2n) is 7.61. The predicted molar refractivity (Wildman–Crippen MR) is 113 cm³/mol. The fourth-order valence-corrected chi connectivity index (χ4v) is 4.66. The van der Waals surface area contributed by atoms with E-state index in [1.165, 1.54) is 29.2 Å². The Labute approximate surface area is 182 Å². The molecule has 1 heterocycles. The summed E-state index contributed by atoms with van der Waals surface area (Å²) < 4.78 is 27.3. The van der Waals surface area contributed by atoms with Crippen LogP contribution in [0.5, 0.6) is 0 Å². The zero-order valence-electron chi connectivity index (χ0n) is 17.3. The van der Waals surface area contributed by atoms with Gasteiger partial charge in [0.2, 0.25) is 21.8 Å². The second-order valence-corrected chi connectivity index (χ2v) is 9.33. The number of hydrogen-bond acceptors (Lipinski definition) is 6. The quantitative estimate of drug-likeness (QED) is 0.343. The Hall–Kier alpha value is -2.50. The number of sulfonamides is 1. The van der Waals surface area contributed by atoms with Crippen molar-refractivity contribution in [1.82, 2.24) is 14.9 Å². The van der Waals surface area contributed by atoms with Gasteiger partial charge in [-0.15, -0.1) is 0 Å².